The van der Waals surface area contributed by atoms with Gasteiger partial charge < -0.3 is 19.5 Å². The molecular weight excluding hydrogens is 190 g/mol. The van der Waals surface area contributed by atoms with Gasteiger partial charge in [-0.25, -0.2) is 9.59 Å². The van der Waals surface area contributed by atoms with Crippen molar-refractivity contribution in [3.63, 3.8) is 0 Å². The third-order valence-corrected chi connectivity index (χ3v) is 1.99. The van der Waals surface area contributed by atoms with Gasteiger partial charge >= 0.3 is 12.1 Å². The number of hydrogen-bond donors (Lipinski definition) is 1. The Morgan fingerprint density at radius 3 is 2.86 bits per heavy atom. The van der Waals surface area contributed by atoms with Crippen molar-refractivity contribution in [1.82, 2.24) is 4.90 Å². The normalized spacial score (nSPS) is 22.6. The topological polar surface area (TPSA) is 76.1 Å². The number of amides is 1. The molecule has 0 bridgehead atoms. The molecule has 1 atom stereocenters. The minimum atomic E-state index is -1.05. The van der Waals surface area contributed by atoms with Gasteiger partial charge in [0.1, 0.15) is 0 Å². The van der Waals surface area contributed by atoms with Gasteiger partial charge in [-0.3, -0.25) is 0 Å². The Labute approximate surface area is 81.4 Å². The van der Waals surface area contributed by atoms with Crippen molar-refractivity contribution in [2.45, 2.75) is 12.5 Å². The molecule has 1 amide bonds. The molecule has 0 spiro atoms. The highest BCUT2D eigenvalue weighted by Gasteiger charge is 2.27. The van der Waals surface area contributed by atoms with Gasteiger partial charge in [0, 0.05) is 13.2 Å². The minimum absolute atomic E-state index is 0.0437. The van der Waals surface area contributed by atoms with Gasteiger partial charge in [0.25, 0.3) is 0 Å². The molecule has 1 saturated heterocycles. The van der Waals surface area contributed by atoms with Crippen LogP contribution in [0.15, 0.2) is 0 Å². The first-order chi connectivity index (χ1) is 6.65. The average Bonchev–Trinajstić information content (AvgIpc) is 2.41. The maximum absolute atomic E-state index is 11.1. The van der Waals surface area contributed by atoms with Crippen molar-refractivity contribution in [2.75, 3.05) is 26.8 Å². The molecule has 0 aliphatic carbocycles. The van der Waals surface area contributed by atoms with E-state index in [0.29, 0.717) is 19.6 Å². The van der Waals surface area contributed by atoms with Crippen LogP contribution in [0, 0.1) is 0 Å². The van der Waals surface area contributed by atoms with Crippen LogP contribution in [0.2, 0.25) is 0 Å². The summed E-state index contributed by atoms with van der Waals surface area (Å²) in [5.74, 6) is -1.05. The number of carboxylic acid groups (broad SMARTS) is 1. The van der Waals surface area contributed by atoms with Gasteiger partial charge in [-0.05, 0) is 6.42 Å². The fourth-order valence-corrected chi connectivity index (χ4v) is 1.27. The molecule has 0 aromatic rings. The van der Waals surface area contributed by atoms with E-state index in [4.69, 9.17) is 9.84 Å². The van der Waals surface area contributed by atoms with Crippen LogP contribution >= 0.6 is 0 Å². The van der Waals surface area contributed by atoms with E-state index in [1.54, 1.807) is 0 Å². The van der Waals surface area contributed by atoms with Crippen LogP contribution in [0.3, 0.4) is 0 Å². The molecule has 80 valence electrons. The maximum atomic E-state index is 11.1. The van der Waals surface area contributed by atoms with Crippen LogP contribution in [-0.4, -0.2) is 55.0 Å². The van der Waals surface area contributed by atoms with Crippen LogP contribution in [0.1, 0.15) is 6.42 Å². The molecule has 1 aliphatic heterocycles. The van der Waals surface area contributed by atoms with E-state index < -0.39 is 18.2 Å². The number of nitrogens with zero attached hydrogens (tertiary/aromatic N) is 1. The number of ether oxygens (including phenoxy) is 2. The molecule has 0 radical (unpaired) electrons. The lowest BCUT2D eigenvalue weighted by atomic mass is 10.3. The molecule has 1 heterocycles. The largest absolute Gasteiger partial charge is 0.479 e. The Morgan fingerprint density at radius 1 is 1.57 bits per heavy atom. The van der Waals surface area contributed by atoms with E-state index >= 15 is 0 Å². The molecule has 0 saturated carbocycles. The predicted molar refractivity (Wildman–Crippen MR) is 46.0 cm³/mol. The van der Waals surface area contributed by atoms with Gasteiger partial charge in [0.15, 0.2) is 6.10 Å². The van der Waals surface area contributed by atoms with Crippen LogP contribution < -0.4 is 0 Å². The summed E-state index contributed by atoms with van der Waals surface area (Å²) in [4.78, 5) is 23.1. The molecule has 0 aromatic carbocycles. The average molecular weight is 203 g/mol. The van der Waals surface area contributed by atoms with Crippen LogP contribution in [-0.2, 0) is 14.3 Å². The first kappa shape index (κ1) is 10.8. The van der Waals surface area contributed by atoms with Crippen molar-refractivity contribution in [2.24, 2.45) is 0 Å². The van der Waals surface area contributed by atoms with Gasteiger partial charge in [0.2, 0.25) is 0 Å². The number of aliphatic carboxylic acids is 1. The summed E-state index contributed by atoms with van der Waals surface area (Å²) < 4.78 is 9.55. The summed E-state index contributed by atoms with van der Waals surface area (Å²) in [7, 11) is 1.27. The SMILES string of the molecule is COC(=O)N1CCCOC(C(=O)O)C1. The monoisotopic (exact) mass is 203 g/mol. The maximum Gasteiger partial charge on any atom is 0.409 e. The third kappa shape index (κ3) is 2.59. The lowest BCUT2D eigenvalue weighted by molar-refractivity contribution is -0.150. The Morgan fingerprint density at radius 2 is 2.29 bits per heavy atom. The number of carbonyl (C=O) groups excluding carboxylic acids is 1. The molecule has 14 heavy (non-hydrogen) atoms. The molecule has 1 N–H and O–H groups in total. The zero-order chi connectivity index (χ0) is 10.6. The van der Waals surface area contributed by atoms with Crippen LogP contribution in [0.5, 0.6) is 0 Å². The number of carbonyl (C=O) groups is 2. The van der Waals surface area contributed by atoms with Gasteiger partial charge in [-0.1, -0.05) is 0 Å². The molecule has 0 aromatic heterocycles. The lowest BCUT2D eigenvalue weighted by Gasteiger charge is -2.20. The Hall–Kier alpha value is -1.30. The summed E-state index contributed by atoms with van der Waals surface area (Å²) in [5.41, 5.74) is 0. The van der Waals surface area contributed by atoms with Crippen molar-refractivity contribution in [1.29, 1.82) is 0 Å². The second-order valence-electron chi connectivity index (χ2n) is 2.97. The van der Waals surface area contributed by atoms with Crippen molar-refractivity contribution < 1.29 is 24.2 Å². The number of carboxylic acids is 1. The molecule has 6 nitrogen and oxygen atoms in total. The van der Waals surface area contributed by atoms with E-state index in [1.807, 2.05) is 0 Å². The fourth-order valence-electron chi connectivity index (χ4n) is 1.27. The molecular formula is C8H13NO5. The number of rotatable bonds is 1. The molecule has 1 fully saturated rings. The summed E-state index contributed by atoms with van der Waals surface area (Å²) in [6.45, 7) is 0.864. The molecule has 1 aliphatic rings. The van der Waals surface area contributed by atoms with Crippen molar-refractivity contribution >= 4 is 12.1 Å². The predicted octanol–water partition coefficient (Wildman–Crippen LogP) is -0.0717. The molecule has 1 unspecified atom stereocenters. The zero-order valence-corrected chi connectivity index (χ0v) is 7.93. The fraction of sp³-hybridized carbons (Fsp3) is 0.750. The van der Waals surface area contributed by atoms with Crippen LogP contribution in [0.4, 0.5) is 4.79 Å². The molecule has 1 rings (SSSR count). The quantitative estimate of drug-likeness (QED) is 0.645. The summed E-state index contributed by atoms with van der Waals surface area (Å²) in [5, 5.41) is 8.73. The first-order valence-corrected chi connectivity index (χ1v) is 4.32. The van der Waals surface area contributed by atoms with E-state index in [-0.39, 0.29) is 6.54 Å². The van der Waals surface area contributed by atoms with E-state index in [0.717, 1.165) is 0 Å². The smallest absolute Gasteiger partial charge is 0.409 e. The van der Waals surface area contributed by atoms with E-state index in [1.165, 1.54) is 12.0 Å². The van der Waals surface area contributed by atoms with Crippen molar-refractivity contribution in [3.8, 4) is 0 Å². The van der Waals surface area contributed by atoms with Crippen molar-refractivity contribution in [3.05, 3.63) is 0 Å². The Kier molecular flexibility index (Phi) is 3.70. The highest BCUT2D eigenvalue weighted by Crippen LogP contribution is 2.07. The highest BCUT2D eigenvalue weighted by molar-refractivity contribution is 5.74. The Balaban J connectivity index is 2.59. The second kappa shape index (κ2) is 4.80. The number of methoxy groups -OCH3 is 1. The van der Waals surface area contributed by atoms with Crippen LogP contribution in [0.25, 0.3) is 0 Å². The first-order valence-electron chi connectivity index (χ1n) is 4.32. The minimum Gasteiger partial charge on any atom is -0.479 e. The summed E-state index contributed by atoms with van der Waals surface area (Å²) >= 11 is 0. The van der Waals surface area contributed by atoms with Gasteiger partial charge in [-0.15, -0.1) is 0 Å². The number of hydrogen-bond acceptors (Lipinski definition) is 4. The summed E-state index contributed by atoms with van der Waals surface area (Å²) in [6, 6.07) is 0. The molecule has 6 heteroatoms. The van der Waals surface area contributed by atoms with E-state index in [9.17, 15) is 9.59 Å². The van der Waals surface area contributed by atoms with Gasteiger partial charge in [0.05, 0.1) is 13.7 Å². The highest BCUT2D eigenvalue weighted by atomic mass is 16.5. The zero-order valence-electron chi connectivity index (χ0n) is 7.93. The second-order valence-corrected chi connectivity index (χ2v) is 2.97. The Bertz CT molecular complexity index is 230. The lowest BCUT2D eigenvalue weighted by Crippen LogP contribution is -2.40. The standard InChI is InChI=1S/C8H13NO5/c1-13-8(12)9-3-2-4-14-6(5-9)7(10)11/h6H,2-5H2,1H3,(H,10,11). The third-order valence-electron chi connectivity index (χ3n) is 1.99. The van der Waals surface area contributed by atoms with Gasteiger partial charge in [-0.2, -0.15) is 0 Å². The van der Waals surface area contributed by atoms with E-state index in [2.05, 4.69) is 4.74 Å². The summed E-state index contributed by atoms with van der Waals surface area (Å²) in [6.07, 6.45) is -0.836.